The number of nitrogens with two attached hydrogens (primary N) is 1. The highest BCUT2D eigenvalue weighted by molar-refractivity contribution is 5.94. The fourth-order valence-corrected chi connectivity index (χ4v) is 4.30. The molecule has 0 spiro atoms. The van der Waals surface area contributed by atoms with Gasteiger partial charge in [-0.15, -0.1) is 0 Å². The summed E-state index contributed by atoms with van der Waals surface area (Å²) in [4.78, 5) is 51.4. The third-order valence-corrected chi connectivity index (χ3v) is 6.70. The Hall–Kier alpha value is -4.94. The van der Waals surface area contributed by atoms with Gasteiger partial charge in [0, 0.05) is 12.8 Å². The maximum atomic E-state index is 13.4. The number of aliphatic carboxylic acids is 1. The molecule has 0 aliphatic heterocycles. The van der Waals surface area contributed by atoms with Crippen LogP contribution in [0.3, 0.4) is 0 Å². The van der Waals surface area contributed by atoms with Gasteiger partial charge in [0.25, 0.3) is 0 Å². The molecule has 5 atom stereocenters. The predicted molar refractivity (Wildman–Crippen MR) is 157 cm³/mol. The number of carbonyl (C=O) groups excluding carboxylic acids is 3. The van der Waals surface area contributed by atoms with Crippen LogP contribution in [0.1, 0.15) is 23.6 Å². The molecule has 5 unspecified atom stereocenters. The van der Waals surface area contributed by atoms with Crippen molar-refractivity contribution in [2.45, 2.75) is 56.5 Å². The van der Waals surface area contributed by atoms with Crippen molar-refractivity contribution in [2.75, 3.05) is 0 Å². The minimum Gasteiger partial charge on any atom is -0.508 e. The van der Waals surface area contributed by atoms with E-state index in [0.717, 1.165) is 0 Å². The first-order valence-corrected chi connectivity index (χ1v) is 13.6. The van der Waals surface area contributed by atoms with Crippen molar-refractivity contribution in [2.24, 2.45) is 5.73 Å². The molecule has 3 aromatic rings. The lowest BCUT2D eigenvalue weighted by Gasteiger charge is -2.26. The lowest BCUT2D eigenvalue weighted by atomic mass is 10.0. The third kappa shape index (κ3) is 10.1. The SMILES string of the molecule is CC(O)C(NC(=O)C(Cc1ccc(O)cc1)NC(=O)C(N)Cc1ccc(O)cc1)C(=O)NC(Cc1ccccc1)C(=O)O. The Kier molecular flexibility index (Phi) is 11.6. The Balaban J connectivity index is 1.75. The van der Waals surface area contributed by atoms with Gasteiger partial charge in [-0.1, -0.05) is 54.6 Å². The van der Waals surface area contributed by atoms with E-state index in [1.54, 1.807) is 54.6 Å². The molecule has 0 radical (unpaired) electrons. The topological polar surface area (TPSA) is 211 Å². The van der Waals surface area contributed by atoms with Crippen LogP contribution >= 0.6 is 0 Å². The molecule has 12 nitrogen and oxygen atoms in total. The van der Waals surface area contributed by atoms with E-state index in [9.17, 15) is 39.6 Å². The van der Waals surface area contributed by atoms with E-state index in [4.69, 9.17) is 5.73 Å². The largest absolute Gasteiger partial charge is 0.508 e. The molecule has 0 bridgehead atoms. The molecule has 228 valence electrons. The summed E-state index contributed by atoms with van der Waals surface area (Å²) < 4.78 is 0. The fraction of sp³-hybridized carbons (Fsp3) is 0.290. The molecular weight excluding hydrogens is 556 g/mol. The number of amides is 3. The van der Waals surface area contributed by atoms with Crippen molar-refractivity contribution in [1.29, 1.82) is 0 Å². The normalized spacial score (nSPS) is 14.4. The van der Waals surface area contributed by atoms with E-state index >= 15 is 0 Å². The number of aromatic hydroxyl groups is 2. The number of rotatable bonds is 14. The number of hydrogen-bond donors (Lipinski definition) is 8. The number of nitrogens with one attached hydrogen (secondary N) is 3. The van der Waals surface area contributed by atoms with Crippen molar-refractivity contribution in [1.82, 2.24) is 16.0 Å². The van der Waals surface area contributed by atoms with Crippen molar-refractivity contribution < 1.29 is 39.6 Å². The summed E-state index contributed by atoms with van der Waals surface area (Å²) in [5.74, 6) is -3.66. The van der Waals surface area contributed by atoms with Gasteiger partial charge in [-0.05, 0) is 54.3 Å². The van der Waals surface area contributed by atoms with E-state index in [2.05, 4.69) is 16.0 Å². The van der Waals surface area contributed by atoms with Crippen molar-refractivity contribution >= 4 is 23.7 Å². The number of carboxylic acid groups (broad SMARTS) is 1. The Morgan fingerprint density at radius 1 is 0.651 bits per heavy atom. The molecule has 0 heterocycles. The van der Waals surface area contributed by atoms with E-state index in [0.29, 0.717) is 16.7 Å². The number of benzene rings is 3. The zero-order valence-electron chi connectivity index (χ0n) is 23.5. The maximum absolute atomic E-state index is 13.4. The molecule has 0 saturated carbocycles. The lowest BCUT2D eigenvalue weighted by Crippen LogP contribution is -2.60. The average molecular weight is 593 g/mol. The van der Waals surface area contributed by atoms with E-state index in [-0.39, 0.29) is 30.8 Å². The molecule has 0 saturated heterocycles. The Morgan fingerprint density at radius 2 is 1.12 bits per heavy atom. The molecular formula is C31H36N4O8. The minimum absolute atomic E-state index is 0.000894. The van der Waals surface area contributed by atoms with Gasteiger partial charge in [0.1, 0.15) is 29.6 Å². The van der Waals surface area contributed by atoms with Crippen molar-refractivity contribution in [3.63, 3.8) is 0 Å². The standard InChI is InChI=1S/C31H36N4O8/c1-18(36)27(30(41)34-26(31(42)43)17-19-5-3-2-4-6-19)35-29(40)25(16-21-9-13-23(38)14-10-21)33-28(39)24(32)15-20-7-11-22(37)12-8-20/h2-14,18,24-27,36-38H,15-17,32H2,1H3,(H,33,39)(H,34,41)(H,35,40)(H,42,43). The van der Waals surface area contributed by atoms with E-state index < -0.39 is 54.0 Å². The second kappa shape index (κ2) is 15.3. The van der Waals surface area contributed by atoms with Gasteiger partial charge in [0.2, 0.25) is 17.7 Å². The summed E-state index contributed by atoms with van der Waals surface area (Å²) in [6, 6.07) is 15.5. The molecule has 9 N–H and O–H groups in total. The second-order valence-corrected chi connectivity index (χ2v) is 10.2. The number of phenols is 2. The molecule has 0 aromatic heterocycles. The smallest absolute Gasteiger partial charge is 0.326 e. The van der Waals surface area contributed by atoms with Crippen LogP contribution in [-0.2, 0) is 38.4 Å². The van der Waals surface area contributed by atoms with Gasteiger partial charge in [-0.25, -0.2) is 4.79 Å². The van der Waals surface area contributed by atoms with Gasteiger partial charge in [0.15, 0.2) is 0 Å². The monoisotopic (exact) mass is 592 g/mol. The summed E-state index contributed by atoms with van der Waals surface area (Å²) in [5.41, 5.74) is 8.00. The van der Waals surface area contributed by atoms with Crippen LogP contribution in [0.4, 0.5) is 0 Å². The number of hydrogen-bond acceptors (Lipinski definition) is 8. The Labute approximate surface area is 248 Å². The molecule has 0 fully saturated rings. The molecule has 0 aliphatic carbocycles. The highest BCUT2D eigenvalue weighted by atomic mass is 16.4. The van der Waals surface area contributed by atoms with Crippen LogP contribution in [-0.4, -0.2) is 74.4 Å². The molecule has 12 heteroatoms. The first-order chi connectivity index (χ1) is 20.4. The zero-order valence-corrected chi connectivity index (χ0v) is 23.5. The van der Waals surface area contributed by atoms with Crippen molar-refractivity contribution in [3.8, 4) is 11.5 Å². The summed E-state index contributed by atoms with van der Waals surface area (Å²) in [6.07, 6.45) is -1.39. The molecule has 0 aliphatic rings. The molecule has 3 rings (SSSR count). The van der Waals surface area contributed by atoms with Crippen LogP contribution in [0.2, 0.25) is 0 Å². The Morgan fingerprint density at radius 3 is 1.63 bits per heavy atom. The highest BCUT2D eigenvalue weighted by Crippen LogP contribution is 2.14. The van der Waals surface area contributed by atoms with Crippen LogP contribution in [0.5, 0.6) is 11.5 Å². The first-order valence-electron chi connectivity index (χ1n) is 13.6. The van der Waals surface area contributed by atoms with E-state index in [1.807, 2.05) is 0 Å². The maximum Gasteiger partial charge on any atom is 0.326 e. The summed E-state index contributed by atoms with van der Waals surface area (Å²) in [7, 11) is 0. The molecule has 3 amide bonds. The van der Waals surface area contributed by atoms with Gasteiger partial charge in [0.05, 0.1) is 12.1 Å². The number of aliphatic hydroxyl groups excluding tert-OH is 1. The third-order valence-electron chi connectivity index (χ3n) is 6.70. The Bertz CT molecular complexity index is 1380. The van der Waals surface area contributed by atoms with Gasteiger partial charge < -0.3 is 42.1 Å². The van der Waals surface area contributed by atoms with E-state index in [1.165, 1.54) is 31.2 Å². The highest BCUT2D eigenvalue weighted by Gasteiger charge is 2.33. The minimum atomic E-state index is -1.55. The summed E-state index contributed by atoms with van der Waals surface area (Å²) in [6.45, 7) is 1.26. The summed E-state index contributed by atoms with van der Waals surface area (Å²) in [5, 5.41) is 46.5. The molecule has 3 aromatic carbocycles. The second-order valence-electron chi connectivity index (χ2n) is 10.2. The number of phenolic OH excluding ortho intramolecular Hbond substituents is 2. The van der Waals surface area contributed by atoms with Gasteiger partial charge >= 0.3 is 5.97 Å². The van der Waals surface area contributed by atoms with Crippen LogP contribution in [0.15, 0.2) is 78.9 Å². The zero-order chi connectivity index (χ0) is 31.5. The van der Waals surface area contributed by atoms with Crippen LogP contribution in [0.25, 0.3) is 0 Å². The van der Waals surface area contributed by atoms with Gasteiger partial charge in [-0.2, -0.15) is 0 Å². The predicted octanol–water partition coefficient (Wildman–Crippen LogP) is 0.373. The first kappa shape index (κ1) is 32.6. The average Bonchev–Trinajstić information content (AvgIpc) is 2.97. The number of carbonyl (C=O) groups is 4. The van der Waals surface area contributed by atoms with Crippen LogP contribution < -0.4 is 21.7 Å². The van der Waals surface area contributed by atoms with Crippen molar-refractivity contribution in [3.05, 3.63) is 95.6 Å². The lowest BCUT2D eigenvalue weighted by molar-refractivity contribution is -0.143. The van der Waals surface area contributed by atoms with Gasteiger partial charge in [-0.3, -0.25) is 14.4 Å². The molecule has 43 heavy (non-hydrogen) atoms. The van der Waals surface area contributed by atoms with Crippen LogP contribution in [0, 0.1) is 0 Å². The number of aliphatic hydroxyl groups is 1. The number of carboxylic acids is 1. The summed E-state index contributed by atoms with van der Waals surface area (Å²) >= 11 is 0. The fourth-order valence-electron chi connectivity index (χ4n) is 4.30. The quantitative estimate of drug-likeness (QED) is 0.130.